The van der Waals surface area contributed by atoms with E-state index in [2.05, 4.69) is 5.32 Å². The topological polar surface area (TPSA) is 12.0 Å². The fourth-order valence-corrected chi connectivity index (χ4v) is 2.67. The van der Waals surface area contributed by atoms with Crippen LogP contribution in [0.25, 0.3) is 11.1 Å². The van der Waals surface area contributed by atoms with E-state index in [1.165, 1.54) is 6.07 Å². The molecule has 1 aliphatic heterocycles. The number of hydrogen-bond donors (Lipinski definition) is 1. The van der Waals surface area contributed by atoms with Crippen molar-refractivity contribution in [3.63, 3.8) is 0 Å². The molecule has 0 saturated carbocycles. The summed E-state index contributed by atoms with van der Waals surface area (Å²) in [6.07, 6.45) is -3.87. The molecular formula is C16H14F3N. The Kier molecular flexibility index (Phi) is 3.26. The van der Waals surface area contributed by atoms with Crippen LogP contribution in [-0.4, -0.2) is 6.54 Å². The Bertz CT molecular complexity index is 618. The summed E-state index contributed by atoms with van der Waals surface area (Å²) >= 11 is 0. The second kappa shape index (κ2) is 4.94. The van der Waals surface area contributed by atoms with Gasteiger partial charge < -0.3 is 5.32 Å². The molecule has 0 saturated heterocycles. The largest absolute Gasteiger partial charge is 0.416 e. The molecule has 1 aliphatic rings. The van der Waals surface area contributed by atoms with Crippen molar-refractivity contribution in [1.29, 1.82) is 0 Å². The van der Waals surface area contributed by atoms with E-state index in [0.717, 1.165) is 11.1 Å². The van der Waals surface area contributed by atoms with Crippen LogP contribution in [0.2, 0.25) is 0 Å². The Morgan fingerprint density at radius 2 is 1.70 bits per heavy atom. The van der Waals surface area contributed by atoms with Crippen LogP contribution in [0.1, 0.15) is 16.7 Å². The average molecular weight is 277 g/mol. The average Bonchev–Trinajstić information content (AvgIpc) is 2.46. The quantitative estimate of drug-likeness (QED) is 0.830. The molecule has 0 amide bonds. The van der Waals surface area contributed by atoms with Crippen LogP contribution in [0.3, 0.4) is 0 Å². The molecule has 2 aromatic carbocycles. The number of benzene rings is 2. The first-order valence-electron chi connectivity index (χ1n) is 6.55. The summed E-state index contributed by atoms with van der Waals surface area (Å²) in [4.78, 5) is 0. The minimum Gasteiger partial charge on any atom is -0.312 e. The van der Waals surface area contributed by atoms with E-state index in [0.29, 0.717) is 30.6 Å². The van der Waals surface area contributed by atoms with Gasteiger partial charge in [0.15, 0.2) is 0 Å². The summed E-state index contributed by atoms with van der Waals surface area (Å²) in [5.41, 5.74) is 2.14. The van der Waals surface area contributed by atoms with Gasteiger partial charge in [-0.2, -0.15) is 13.2 Å². The zero-order chi connectivity index (χ0) is 14.2. The number of hydrogen-bond acceptors (Lipinski definition) is 1. The molecule has 1 nitrogen and oxygen atoms in total. The summed E-state index contributed by atoms with van der Waals surface area (Å²) in [5, 5.41) is 3.13. The maximum absolute atomic E-state index is 13.3. The molecule has 0 aliphatic carbocycles. The van der Waals surface area contributed by atoms with Gasteiger partial charge in [0, 0.05) is 6.54 Å². The van der Waals surface area contributed by atoms with Gasteiger partial charge in [0.2, 0.25) is 0 Å². The van der Waals surface area contributed by atoms with Crippen LogP contribution in [0, 0.1) is 0 Å². The minimum atomic E-state index is -4.30. The van der Waals surface area contributed by atoms with E-state index in [9.17, 15) is 13.2 Å². The minimum absolute atomic E-state index is 0.430. The smallest absolute Gasteiger partial charge is 0.312 e. The lowest BCUT2D eigenvalue weighted by molar-refractivity contribution is -0.138. The molecule has 0 radical (unpaired) electrons. The molecule has 0 unspecified atom stereocenters. The van der Waals surface area contributed by atoms with E-state index in [1.807, 2.05) is 36.4 Å². The number of nitrogens with one attached hydrogen (secondary N) is 1. The first kappa shape index (κ1) is 13.2. The lowest BCUT2D eigenvalue weighted by Crippen LogP contribution is -2.26. The predicted octanol–water partition coefficient (Wildman–Crippen LogP) is 4.02. The van der Waals surface area contributed by atoms with Gasteiger partial charge in [-0.05, 0) is 47.4 Å². The molecule has 3 rings (SSSR count). The van der Waals surface area contributed by atoms with Crippen LogP contribution in [0.4, 0.5) is 13.2 Å². The van der Waals surface area contributed by atoms with Crippen molar-refractivity contribution in [2.24, 2.45) is 0 Å². The predicted molar refractivity (Wildman–Crippen MR) is 72.3 cm³/mol. The van der Waals surface area contributed by atoms with Crippen LogP contribution in [0.5, 0.6) is 0 Å². The van der Waals surface area contributed by atoms with Crippen LogP contribution >= 0.6 is 0 Å². The summed E-state index contributed by atoms with van der Waals surface area (Å²) in [6.45, 7) is 1.10. The highest BCUT2D eigenvalue weighted by atomic mass is 19.4. The van der Waals surface area contributed by atoms with Gasteiger partial charge in [-0.15, -0.1) is 0 Å². The molecule has 104 valence electrons. The second-order valence-corrected chi connectivity index (χ2v) is 4.95. The monoisotopic (exact) mass is 277 g/mol. The summed E-state index contributed by atoms with van der Waals surface area (Å²) < 4.78 is 39.8. The molecular weight excluding hydrogens is 263 g/mol. The molecule has 20 heavy (non-hydrogen) atoms. The van der Waals surface area contributed by atoms with Crippen LogP contribution < -0.4 is 5.32 Å². The number of rotatable bonds is 1. The van der Waals surface area contributed by atoms with Gasteiger partial charge in [0.1, 0.15) is 0 Å². The summed E-state index contributed by atoms with van der Waals surface area (Å²) in [7, 11) is 0. The van der Waals surface area contributed by atoms with Crippen molar-refractivity contribution < 1.29 is 13.2 Å². The molecule has 0 atom stereocenters. The molecule has 0 spiro atoms. The van der Waals surface area contributed by atoms with Crippen molar-refractivity contribution in [2.45, 2.75) is 19.1 Å². The molecule has 0 bridgehead atoms. The maximum atomic E-state index is 13.3. The summed E-state index contributed by atoms with van der Waals surface area (Å²) in [5.74, 6) is 0. The van der Waals surface area contributed by atoms with E-state index < -0.39 is 11.7 Å². The molecule has 1 heterocycles. The van der Waals surface area contributed by atoms with Crippen molar-refractivity contribution in [1.82, 2.24) is 5.32 Å². The van der Waals surface area contributed by atoms with E-state index in [-0.39, 0.29) is 0 Å². The Balaban J connectivity index is 2.19. The SMILES string of the molecule is FC(F)(F)c1cc(-c2ccccc2)cc2c1CCNC2. The molecule has 4 heteroatoms. The summed E-state index contributed by atoms with van der Waals surface area (Å²) in [6, 6.07) is 12.3. The molecule has 0 fully saturated rings. The van der Waals surface area contributed by atoms with Crippen LogP contribution in [-0.2, 0) is 19.1 Å². The zero-order valence-electron chi connectivity index (χ0n) is 10.8. The Hall–Kier alpha value is -1.81. The number of halogens is 3. The first-order chi connectivity index (χ1) is 9.55. The maximum Gasteiger partial charge on any atom is 0.416 e. The third-order valence-corrected chi connectivity index (χ3v) is 3.62. The zero-order valence-corrected chi connectivity index (χ0v) is 10.8. The number of alkyl halides is 3. The Morgan fingerprint density at radius 1 is 0.950 bits per heavy atom. The lowest BCUT2D eigenvalue weighted by Gasteiger charge is -2.23. The Labute approximate surface area is 115 Å². The molecule has 0 aromatic heterocycles. The van der Waals surface area contributed by atoms with E-state index in [4.69, 9.17) is 0 Å². The highest BCUT2D eigenvalue weighted by molar-refractivity contribution is 5.67. The van der Waals surface area contributed by atoms with Crippen LogP contribution in [0.15, 0.2) is 42.5 Å². The van der Waals surface area contributed by atoms with Gasteiger partial charge in [-0.1, -0.05) is 30.3 Å². The van der Waals surface area contributed by atoms with E-state index in [1.54, 1.807) is 0 Å². The van der Waals surface area contributed by atoms with Crippen molar-refractivity contribution in [2.75, 3.05) is 6.54 Å². The van der Waals surface area contributed by atoms with E-state index >= 15 is 0 Å². The number of fused-ring (bicyclic) bond motifs is 1. The van der Waals surface area contributed by atoms with Crippen molar-refractivity contribution in [3.8, 4) is 11.1 Å². The van der Waals surface area contributed by atoms with Crippen molar-refractivity contribution >= 4 is 0 Å². The van der Waals surface area contributed by atoms with Gasteiger partial charge in [0.05, 0.1) is 5.56 Å². The lowest BCUT2D eigenvalue weighted by atomic mass is 9.90. The van der Waals surface area contributed by atoms with Crippen molar-refractivity contribution in [3.05, 3.63) is 59.2 Å². The third-order valence-electron chi connectivity index (χ3n) is 3.62. The standard InChI is InChI=1S/C16H14F3N/c17-16(18,19)15-9-12(11-4-2-1-3-5-11)8-13-10-20-7-6-14(13)15/h1-5,8-9,20H,6-7,10H2. The van der Waals surface area contributed by atoms with Gasteiger partial charge in [-0.3, -0.25) is 0 Å². The second-order valence-electron chi connectivity index (χ2n) is 4.95. The molecule has 1 N–H and O–H groups in total. The fraction of sp³-hybridized carbons (Fsp3) is 0.250. The normalized spacial score (nSPS) is 14.9. The highest BCUT2D eigenvalue weighted by Gasteiger charge is 2.35. The fourth-order valence-electron chi connectivity index (χ4n) is 2.67. The highest BCUT2D eigenvalue weighted by Crippen LogP contribution is 2.37. The van der Waals surface area contributed by atoms with Gasteiger partial charge in [0.25, 0.3) is 0 Å². The molecule has 2 aromatic rings. The third kappa shape index (κ3) is 2.43. The van der Waals surface area contributed by atoms with Gasteiger partial charge >= 0.3 is 6.18 Å². The van der Waals surface area contributed by atoms with Gasteiger partial charge in [-0.25, -0.2) is 0 Å². The first-order valence-corrected chi connectivity index (χ1v) is 6.55. The Morgan fingerprint density at radius 3 is 2.40 bits per heavy atom.